The van der Waals surface area contributed by atoms with Gasteiger partial charge in [-0.2, -0.15) is 0 Å². The van der Waals surface area contributed by atoms with E-state index in [0.29, 0.717) is 3.71 Å². The van der Waals surface area contributed by atoms with Crippen molar-refractivity contribution in [2.24, 2.45) is 0 Å². The molecule has 0 saturated carbocycles. The van der Waals surface area contributed by atoms with Gasteiger partial charge in [0.1, 0.15) is 0 Å². The first-order valence-corrected chi connectivity index (χ1v) is 7.60. The third-order valence-electron chi connectivity index (χ3n) is 2.02. The molecule has 0 saturated heterocycles. The molecule has 0 aliphatic rings. The molecule has 0 nitrogen and oxygen atoms in total. The Bertz CT molecular complexity index is 72.4. The van der Waals surface area contributed by atoms with Gasteiger partial charge in [-0.1, -0.05) is 39.5 Å². The van der Waals surface area contributed by atoms with E-state index >= 15 is 0 Å². The zero-order chi connectivity index (χ0) is 10.0. The number of unbranched alkanes of at least 4 members (excludes halogenated alkanes) is 3. The normalized spacial score (nSPS) is 11.6. The van der Waals surface area contributed by atoms with Crippen LogP contribution in [0.4, 0.5) is 0 Å². The van der Waals surface area contributed by atoms with Crippen molar-refractivity contribution in [1.82, 2.24) is 0 Å². The van der Waals surface area contributed by atoms with Crippen LogP contribution in [0.15, 0.2) is 0 Å². The standard InChI is InChI=1S/C6H14.C4H11Si.Li/c1-3-5-6-4-2;1-4(2)5-3;/h3-6H2,1-2H3;5H2,1-3H3;. The van der Waals surface area contributed by atoms with E-state index in [2.05, 4.69) is 52.0 Å². The van der Waals surface area contributed by atoms with Gasteiger partial charge < -0.3 is 0 Å². The summed E-state index contributed by atoms with van der Waals surface area (Å²) in [6, 6.07) is 0. The van der Waals surface area contributed by atoms with E-state index in [0.717, 1.165) is 0 Å². The molecule has 0 aromatic heterocycles. The Labute approximate surface area is 90.9 Å². The summed E-state index contributed by atoms with van der Waals surface area (Å²) in [5.41, 5.74) is 0. The van der Waals surface area contributed by atoms with Crippen LogP contribution in [0.1, 0.15) is 53.4 Å². The molecule has 0 aliphatic carbocycles. The van der Waals surface area contributed by atoms with Crippen LogP contribution < -0.4 is 0 Å². The van der Waals surface area contributed by atoms with Gasteiger partial charge in [0.15, 0.2) is 0 Å². The summed E-state index contributed by atoms with van der Waals surface area (Å²) in [5, 5.41) is 0. The summed E-state index contributed by atoms with van der Waals surface area (Å²) in [5.74, 6) is 0. The van der Waals surface area contributed by atoms with Crippen molar-refractivity contribution in [3.63, 3.8) is 0 Å². The van der Waals surface area contributed by atoms with E-state index in [-0.39, 0.29) is 9.52 Å². The third kappa shape index (κ3) is 22.4. The molecule has 12 heavy (non-hydrogen) atoms. The molecule has 0 radical (unpaired) electrons. The molecule has 0 spiro atoms. The van der Waals surface area contributed by atoms with E-state index in [1.54, 1.807) is 0 Å². The zero-order valence-electron chi connectivity index (χ0n) is 10.0. The van der Waals surface area contributed by atoms with Crippen molar-refractivity contribution in [3.8, 4) is 0 Å². The van der Waals surface area contributed by atoms with Crippen LogP contribution in [0.5, 0.6) is 0 Å². The summed E-state index contributed by atoms with van der Waals surface area (Å²) in [6.45, 7) is 11.4. The molecule has 0 heterocycles. The van der Waals surface area contributed by atoms with Crippen LogP contribution >= 0.6 is 0 Å². The molecule has 0 bridgehead atoms. The molecule has 0 aliphatic heterocycles. The predicted molar refractivity (Wildman–Crippen MR) is 64.0 cm³/mol. The fraction of sp³-hybridized carbons (Fsp3) is 1.00. The quantitative estimate of drug-likeness (QED) is 0.460. The van der Waals surface area contributed by atoms with Gasteiger partial charge in [-0.05, 0) is 0 Å². The van der Waals surface area contributed by atoms with Gasteiger partial charge in [-0.15, -0.1) is 0 Å². The average Bonchev–Trinajstić information content (AvgIpc) is 2.01. The molecule has 0 aromatic rings. The Hall–Kier alpha value is 0.814. The van der Waals surface area contributed by atoms with Gasteiger partial charge in [-0.3, -0.25) is 0 Å². The monoisotopic (exact) mass is 180 g/mol. The predicted octanol–water partition coefficient (Wildman–Crippen LogP) is 3.11. The van der Waals surface area contributed by atoms with Crippen molar-refractivity contribution in [3.05, 3.63) is 0 Å². The summed E-state index contributed by atoms with van der Waals surface area (Å²) in [4.78, 5) is 0. The first kappa shape index (κ1) is 15.3. The molecule has 0 rings (SSSR count). The summed E-state index contributed by atoms with van der Waals surface area (Å²) in [7, 11) is 0.252. The second-order valence-electron chi connectivity index (χ2n) is 4.62. The fourth-order valence-electron chi connectivity index (χ4n) is 0.500. The minimum absolute atomic E-state index is 0.252. The van der Waals surface area contributed by atoms with E-state index < -0.39 is 0 Å². The van der Waals surface area contributed by atoms with Gasteiger partial charge in [-0.25, -0.2) is 0 Å². The van der Waals surface area contributed by atoms with E-state index in [9.17, 15) is 0 Å². The van der Waals surface area contributed by atoms with Crippen molar-refractivity contribution >= 4 is 27.2 Å². The minimum atomic E-state index is 0.252. The molecular weight excluding hydrogens is 155 g/mol. The molecule has 0 atom stereocenters. The van der Waals surface area contributed by atoms with Gasteiger partial charge in [0.2, 0.25) is 0 Å². The average molecular weight is 180 g/mol. The first-order chi connectivity index (χ1) is 5.47. The van der Waals surface area contributed by atoms with Crippen molar-refractivity contribution in [2.45, 2.75) is 63.6 Å². The summed E-state index contributed by atoms with van der Waals surface area (Å²) in [6.07, 6.45) is 5.54. The third-order valence-corrected chi connectivity index (χ3v) is 4.14. The van der Waals surface area contributed by atoms with Crippen LogP contribution in [0.3, 0.4) is 0 Å². The maximum absolute atomic E-state index is 2.35. The molecule has 0 N–H and O–H groups in total. The number of hydrogen-bond donors (Lipinski definition) is 0. The van der Waals surface area contributed by atoms with Crippen LogP contribution in [0.2, 0.25) is 10.3 Å². The maximum atomic E-state index is 2.35. The second-order valence-corrected chi connectivity index (χ2v) is 7.45. The topological polar surface area (TPSA) is 0 Å². The van der Waals surface area contributed by atoms with Crippen molar-refractivity contribution < 1.29 is 0 Å². The Balaban J connectivity index is 0. The van der Waals surface area contributed by atoms with E-state index in [1.807, 2.05) is 0 Å². The Kier molecular flexibility index (Phi) is 12.6. The molecular formula is C10H25LiSi. The molecule has 0 amide bonds. The summed E-state index contributed by atoms with van der Waals surface area (Å²) >= 11 is 2.30. The van der Waals surface area contributed by atoms with Crippen LogP contribution in [-0.2, 0) is 0 Å². The number of rotatable bonds is 4. The van der Waals surface area contributed by atoms with Gasteiger partial charge in [0.25, 0.3) is 0 Å². The molecule has 2 heteroatoms. The van der Waals surface area contributed by atoms with Crippen molar-refractivity contribution in [2.75, 3.05) is 0 Å². The van der Waals surface area contributed by atoms with Gasteiger partial charge >= 0.3 is 51.3 Å². The Morgan fingerprint density at radius 3 is 1.42 bits per heavy atom. The molecule has 0 aromatic carbocycles. The second kappa shape index (κ2) is 9.90. The van der Waals surface area contributed by atoms with Crippen LogP contribution in [-0.4, -0.2) is 27.2 Å². The molecule has 0 unspecified atom stereocenters. The Morgan fingerprint density at radius 1 is 1.08 bits per heavy atom. The summed E-state index contributed by atoms with van der Waals surface area (Å²) < 4.78 is 0.681. The fourth-order valence-corrected chi connectivity index (χ4v) is 0.500. The van der Waals surface area contributed by atoms with E-state index in [4.69, 9.17) is 0 Å². The van der Waals surface area contributed by atoms with E-state index in [1.165, 1.54) is 25.7 Å². The van der Waals surface area contributed by atoms with Crippen LogP contribution in [0.25, 0.3) is 0 Å². The molecule has 70 valence electrons. The number of hydrogen-bond acceptors (Lipinski definition) is 0. The molecule has 0 fully saturated rings. The van der Waals surface area contributed by atoms with Gasteiger partial charge in [0, 0.05) is 0 Å². The first-order valence-electron chi connectivity index (χ1n) is 5.47. The van der Waals surface area contributed by atoms with Gasteiger partial charge in [0.05, 0.1) is 0 Å². The Morgan fingerprint density at radius 2 is 1.33 bits per heavy atom. The SMILES string of the molecule is CCCCCC.[Li][C](C)(C)[SiH2]C. The van der Waals surface area contributed by atoms with Crippen molar-refractivity contribution in [1.29, 1.82) is 0 Å². The van der Waals surface area contributed by atoms with Crippen LogP contribution in [0, 0.1) is 0 Å². The zero-order valence-corrected chi connectivity index (χ0v) is 11.4.